The molecule has 3 rings (SSSR count). The largest absolute Gasteiger partial charge is 0.396 e. The van der Waals surface area contributed by atoms with Crippen LogP contribution in [0, 0.1) is 0 Å². The summed E-state index contributed by atoms with van der Waals surface area (Å²) in [7, 11) is 0. The molecule has 0 radical (unpaired) electrons. The molecule has 0 aliphatic carbocycles. The van der Waals surface area contributed by atoms with Gasteiger partial charge in [0.25, 0.3) is 0 Å². The van der Waals surface area contributed by atoms with E-state index in [1.165, 1.54) is 11.3 Å². The van der Waals surface area contributed by atoms with Crippen LogP contribution in [0.15, 0.2) is 36.5 Å². The lowest BCUT2D eigenvalue weighted by atomic mass is 9.90. The average molecular weight is 241 g/mol. The van der Waals surface area contributed by atoms with E-state index in [0.717, 1.165) is 18.1 Å². The van der Waals surface area contributed by atoms with Crippen molar-refractivity contribution in [3.8, 4) is 0 Å². The molecule has 0 fully saturated rings. The first-order valence-electron chi connectivity index (χ1n) is 6.41. The highest BCUT2D eigenvalue weighted by molar-refractivity contribution is 5.78. The minimum absolute atomic E-state index is 0.0603. The quantitative estimate of drug-likeness (QED) is 0.831. The van der Waals surface area contributed by atoms with Crippen molar-refractivity contribution in [2.24, 2.45) is 0 Å². The zero-order valence-electron chi connectivity index (χ0n) is 11.1. The number of nitrogens with two attached hydrogens (primary N) is 1. The highest BCUT2D eigenvalue weighted by atomic mass is 15.3. The van der Waals surface area contributed by atoms with Gasteiger partial charge in [-0.3, -0.25) is 0 Å². The number of hydrogen-bond acceptors (Lipinski definition) is 2. The van der Waals surface area contributed by atoms with Crippen LogP contribution in [0.4, 0.5) is 17.2 Å². The van der Waals surface area contributed by atoms with Crippen LogP contribution in [0.3, 0.4) is 0 Å². The topological polar surface area (TPSA) is 34.2 Å². The summed E-state index contributed by atoms with van der Waals surface area (Å²) < 4.78 is 2.27. The van der Waals surface area contributed by atoms with Gasteiger partial charge in [0.05, 0.1) is 11.2 Å². The minimum Gasteiger partial charge on any atom is -0.396 e. The van der Waals surface area contributed by atoms with E-state index in [9.17, 15) is 0 Å². The third-order valence-corrected chi connectivity index (χ3v) is 3.92. The molecule has 3 heteroatoms. The summed E-state index contributed by atoms with van der Waals surface area (Å²) in [5.41, 5.74) is 9.54. The third-order valence-electron chi connectivity index (χ3n) is 3.92. The van der Waals surface area contributed by atoms with Crippen LogP contribution in [-0.2, 0) is 5.54 Å². The predicted octanol–water partition coefficient (Wildman–Crippen LogP) is 3.33. The van der Waals surface area contributed by atoms with Crippen molar-refractivity contribution in [3.05, 3.63) is 42.1 Å². The molecule has 0 bridgehead atoms. The van der Waals surface area contributed by atoms with Gasteiger partial charge in [-0.25, -0.2) is 0 Å². The molecule has 1 aromatic carbocycles. The Morgan fingerprint density at radius 2 is 1.89 bits per heavy atom. The van der Waals surface area contributed by atoms with Gasteiger partial charge in [0.1, 0.15) is 5.82 Å². The van der Waals surface area contributed by atoms with Crippen LogP contribution in [0.5, 0.6) is 0 Å². The summed E-state index contributed by atoms with van der Waals surface area (Å²) in [6.07, 6.45) is 2.09. The first kappa shape index (κ1) is 11.2. The van der Waals surface area contributed by atoms with Crippen LogP contribution in [0.25, 0.3) is 0 Å². The number of aromatic nitrogens is 1. The molecule has 1 aliphatic heterocycles. The first-order valence-corrected chi connectivity index (χ1v) is 6.41. The average Bonchev–Trinajstić information content (AvgIpc) is 2.74. The van der Waals surface area contributed by atoms with E-state index in [0.29, 0.717) is 0 Å². The SMILES string of the molecule is CCN1c2ccccc2C(C)(C)n2ccc(N)c21. The zero-order chi connectivity index (χ0) is 12.9. The summed E-state index contributed by atoms with van der Waals surface area (Å²) >= 11 is 0. The number of benzene rings is 1. The summed E-state index contributed by atoms with van der Waals surface area (Å²) in [6, 6.07) is 10.6. The van der Waals surface area contributed by atoms with Crippen molar-refractivity contribution in [1.82, 2.24) is 4.57 Å². The van der Waals surface area contributed by atoms with Crippen molar-refractivity contribution in [2.45, 2.75) is 26.3 Å². The van der Waals surface area contributed by atoms with E-state index in [-0.39, 0.29) is 5.54 Å². The van der Waals surface area contributed by atoms with Gasteiger partial charge in [-0.15, -0.1) is 0 Å². The summed E-state index contributed by atoms with van der Waals surface area (Å²) in [6.45, 7) is 7.55. The molecule has 0 atom stereocenters. The maximum absolute atomic E-state index is 6.14. The molecule has 3 nitrogen and oxygen atoms in total. The lowest BCUT2D eigenvalue weighted by Crippen LogP contribution is -2.38. The van der Waals surface area contributed by atoms with Gasteiger partial charge in [0.2, 0.25) is 0 Å². The van der Waals surface area contributed by atoms with Gasteiger partial charge in [-0.05, 0) is 32.9 Å². The van der Waals surface area contributed by atoms with Gasteiger partial charge in [0, 0.05) is 24.0 Å². The van der Waals surface area contributed by atoms with E-state index in [4.69, 9.17) is 5.73 Å². The van der Waals surface area contributed by atoms with Crippen molar-refractivity contribution in [3.63, 3.8) is 0 Å². The second kappa shape index (κ2) is 3.55. The second-order valence-corrected chi connectivity index (χ2v) is 5.29. The van der Waals surface area contributed by atoms with Crippen LogP contribution < -0.4 is 10.6 Å². The molecule has 2 heterocycles. The van der Waals surface area contributed by atoms with Crippen molar-refractivity contribution >= 4 is 17.2 Å². The number of anilines is 3. The van der Waals surface area contributed by atoms with Crippen LogP contribution in [0.1, 0.15) is 26.3 Å². The molecule has 18 heavy (non-hydrogen) atoms. The fraction of sp³-hybridized carbons (Fsp3) is 0.333. The number of hydrogen-bond donors (Lipinski definition) is 1. The van der Waals surface area contributed by atoms with E-state index in [1.54, 1.807) is 0 Å². The van der Waals surface area contributed by atoms with Gasteiger partial charge in [-0.2, -0.15) is 0 Å². The normalized spacial score (nSPS) is 16.3. The molecule has 0 saturated heterocycles. The Kier molecular flexibility index (Phi) is 2.21. The van der Waals surface area contributed by atoms with E-state index in [1.807, 2.05) is 6.07 Å². The summed E-state index contributed by atoms with van der Waals surface area (Å²) in [4.78, 5) is 2.29. The Morgan fingerprint density at radius 3 is 2.61 bits per heavy atom. The molecule has 94 valence electrons. The smallest absolute Gasteiger partial charge is 0.137 e. The number of fused-ring (bicyclic) bond motifs is 2. The number of nitrogens with zero attached hydrogens (tertiary/aromatic N) is 2. The summed E-state index contributed by atoms with van der Waals surface area (Å²) in [5, 5.41) is 0. The molecule has 2 aromatic rings. The van der Waals surface area contributed by atoms with E-state index in [2.05, 4.69) is 60.7 Å². The Morgan fingerprint density at radius 1 is 1.17 bits per heavy atom. The monoisotopic (exact) mass is 241 g/mol. The van der Waals surface area contributed by atoms with Crippen LogP contribution in [0.2, 0.25) is 0 Å². The molecule has 1 aromatic heterocycles. The van der Waals surface area contributed by atoms with Crippen LogP contribution in [-0.4, -0.2) is 11.1 Å². The van der Waals surface area contributed by atoms with E-state index >= 15 is 0 Å². The molecular formula is C15H19N3. The Bertz CT molecular complexity index is 596. The number of nitrogen functional groups attached to an aromatic ring is 1. The predicted molar refractivity (Wildman–Crippen MR) is 76.4 cm³/mol. The molecule has 0 amide bonds. The molecule has 2 N–H and O–H groups in total. The van der Waals surface area contributed by atoms with Gasteiger partial charge < -0.3 is 15.2 Å². The maximum Gasteiger partial charge on any atom is 0.137 e. The Hall–Kier alpha value is -1.90. The van der Waals surface area contributed by atoms with Crippen molar-refractivity contribution in [1.29, 1.82) is 0 Å². The lowest BCUT2D eigenvalue weighted by molar-refractivity contribution is 0.429. The highest BCUT2D eigenvalue weighted by Crippen LogP contribution is 2.46. The Balaban J connectivity index is 2.34. The van der Waals surface area contributed by atoms with E-state index < -0.39 is 0 Å². The molecule has 0 spiro atoms. The first-order chi connectivity index (χ1) is 8.57. The van der Waals surface area contributed by atoms with Crippen molar-refractivity contribution in [2.75, 3.05) is 17.2 Å². The zero-order valence-corrected chi connectivity index (χ0v) is 11.1. The number of para-hydroxylation sites is 1. The van der Waals surface area contributed by atoms with Gasteiger partial charge in [0.15, 0.2) is 0 Å². The molecule has 0 saturated carbocycles. The molecule has 0 unspecified atom stereocenters. The lowest BCUT2D eigenvalue weighted by Gasteiger charge is -2.42. The second-order valence-electron chi connectivity index (χ2n) is 5.29. The Labute approximate surface area is 108 Å². The fourth-order valence-corrected chi connectivity index (χ4v) is 2.97. The third kappa shape index (κ3) is 1.24. The standard InChI is InChI=1S/C15H19N3/c1-4-17-13-8-6-5-7-11(13)15(2,3)18-10-9-12(16)14(17)18/h5-10H,4,16H2,1-3H3. The number of rotatable bonds is 1. The summed E-state index contributed by atoms with van der Waals surface area (Å²) in [5.74, 6) is 1.11. The molecular weight excluding hydrogens is 222 g/mol. The minimum atomic E-state index is -0.0603. The maximum atomic E-state index is 6.14. The molecule has 1 aliphatic rings. The highest BCUT2D eigenvalue weighted by Gasteiger charge is 2.35. The van der Waals surface area contributed by atoms with Gasteiger partial charge in [-0.1, -0.05) is 18.2 Å². The van der Waals surface area contributed by atoms with Crippen LogP contribution >= 0.6 is 0 Å². The fourth-order valence-electron chi connectivity index (χ4n) is 2.97. The van der Waals surface area contributed by atoms with Crippen molar-refractivity contribution < 1.29 is 0 Å². The van der Waals surface area contributed by atoms with Gasteiger partial charge >= 0.3 is 0 Å².